The van der Waals surface area contributed by atoms with Crippen molar-refractivity contribution in [3.05, 3.63) is 24.3 Å². The van der Waals surface area contributed by atoms with E-state index in [1.54, 1.807) is 7.11 Å². The molecule has 1 amide bonds. The maximum atomic E-state index is 13.0. The van der Waals surface area contributed by atoms with E-state index in [1.165, 1.54) is 11.8 Å². The summed E-state index contributed by atoms with van der Waals surface area (Å²) in [4.78, 5) is 15.8. The van der Waals surface area contributed by atoms with Gasteiger partial charge in [-0.25, -0.2) is 8.42 Å². The third-order valence-corrected chi connectivity index (χ3v) is 7.82. The SMILES string of the molecule is COc1ccccc1SCC(=O)N(C1CCCC1)C1CCS(=O)(=O)C1. The van der Waals surface area contributed by atoms with Crippen LogP contribution < -0.4 is 4.74 Å². The lowest BCUT2D eigenvalue weighted by atomic mass is 10.1. The molecule has 1 heterocycles. The van der Waals surface area contributed by atoms with E-state index in [1.807, 2.05) is 29.2 Å². The topological polar surface area (TPSA) is 63.7 Å². The van der Waals surface area contributed by atoms with Gasteiger partial charge in [-0.2, -0.15) is 0 Å². The van der Waals surface area contributed by atoms with Crippen LogP contribution in [0.3, 0.4) is 0 Å². The third kappa shape index (κ3) is 4.50. The van der Waals surface area contributed by atoms with Crippen LogP contribution in [0.1, 0.15) is 32.1 Å². The van der Waals surface area contributed by atoms with E-state index in [0.29, 0.717) is 12.2 Å². The second-order valence-electron chi connectivity index (χ2n) is 6.74. The number of carbonyl (C=O) groups excluding carboxylic acids is 1. The number of ether oxygens (including phenoxy) is 1. The van der Waals surface area contributed by atoms with Gasteiger partial charge in [0.25, 0.3) is 0 Å². The molecular weight excluding hydrogens is 358 g/mol. The lowest BCUT2D eigenvalue weighted by Gasteiger charge is -2.34. The number of para-hydroxylation sites is 1. The van der Waals surface area contributed by atoms with Gasteiger partial charge in [-0.3, -0.25) is 4.79 Å². The fourth-order valence-electron chi connectivity index (χ4n) is 3.83. The number of nitrogens with zero attached hydrogens (tertiary/aromatic N) is 1. The number of hydrogen-bond donors (Lipinski definition) is 0. The highest BCUT2D eigenvalue weighted by Crippen LogP contribution is 2.32. The van der Waals surface area contributed by atoms with Crippen molar-refractivity contribution in [1.29, 1.82) is 0 Å². The molecule has 0 bridgehead atoms. The van der Waals surface area contributed by atoms with E-state index in [9.17, 15) is 13.2 Å². The fourth-order valence-corrected chi connectivity index (χ4v) is 6.44. The number of thioether (sulfide) groups is 1. The van der Waals surface area contributed by atoms with Crippen LogP contribution in [0.2, 0.25) is 0 Å². The molecule has 0 spiro atoms. The molecule has 3 rings (SSSR count). The summed E-state index contributed by atoms with van der Waals surface area (Å²) in [6, 6.07) is 7.69. The Morgan fingerprint density at radius 3 is 2.56 bits per heavy atom. The Kier molecular flexibility index (Phi) is 5.94. The molecule has 1 aliphatic heterocycles. The van der Waals surface area contributed by atoms with Crippen molar-refractivity contribution >= 4 is 27.5 Å². The van der Waals surface area contributed by atoms with E-state index >= 15 is 0 Å². The van der Waals surface area contributed by atoms with Gasteiger partial charge < -0.3 is 9.64 Å². The molecular formula is C18H25NO4S2. The molecule has 0 radical (unpaired) electrons. The molecule has 1 aromatic carbocycles. The van der Waals surface area contributed by atoms with Crippen LogP contribution >= 0.6 is 11.8 Å². The highest BCUT2D eigenvalue weighted by molar-refractivity contribution is 8.00. The molecule has 1 saturated heterocycles. The molecule has 1 unspecified atom stereocenters. The second kappa shape index (κ2) is 7.99. The lowest BCUT2D eigenvalue weighted by Crippen LogP contribution is -2.47. The Balaban J connectivity index is 1.71. The van der Waals surface area contributed by atoms with Crippen molar-refractivity contribution < 1.29 is 17.9 Å². The first-order valence-electron chi connectivity index (χ1n) is 8.77. The monoisotopic (exact) mass is 383 g/mol. The summed E-state index contributed by atoms with van der Waals surface area (Å²) in [6.45, 7) is 0. The number of carbonyl (C=O) groups is 1. The highest BCUT2D eigenvalue weighted by Gasteiger charge is 2.38. The van der Waals surface area contributed by atoms with Crippen molar-refractivity contribution in [1.82, 2.24) is 4.90 Å². The zero-order valence-electron chi connectivity index (χ0n) is 14.5. The van der Waals surface area contributed by atoms with Crippen molar-refractivity contribution in [3.63, 3.8) is 0 Å². The fraction of sp³-hybridized carbons (Fsp3) is 0.611. The summed E-state index contributed by atoms with van der Waals surface area (Å²) in [5.74, 6) is 1.44. The largest absolute Gasteiger partial charge is 0.496 e. The average Bonchev–Trinajstić information content (AvgIpc) is 3.23. The van der Waals surface area contributed by atoms with Crippen LogP contribution in [-0.2, 0) is 14.6 Å². The molecule has 1 aliphatic carbocycles. The van der Waals surface area contributed by atoms with Gasteiger partial charge in [0, 0.05) is 17.0 Å². The quantitative estimate of drug-likeness (QED) is 0.707. The Bertz CT molecular complexity index is 714. The Labute approximate surface area is 154 Å². The number of amides is 1. The smallest absolute Gasteiger partial charge is 0.233 e. The van der Waals surface area contributed by atoms with Gasteiger partial charge in [-0.1, -0.05) is 25.0 Å². The summed E-state index contributed by atoms with van der Waals surface area (Å²) in [5.41, 5.74) is 0. The van der Waals surface area contributed by atoms with E-state index in [0.717, 1.165) is 36.3 Å². The summed E-state index contributed by atoms with van der Waals surface area (Å²) >= 11 is 1.46. The van der Waals surface area contributed by atoms with E-state index in [4.69, 9.17) is 4.74 Å². The molecule has 1 atom stereocenters. The van der Waals surface area contributed by atoms with Gasteiger partial charge in [-0.05, 0) is 31.4 Å². The Morgan fingerprint density at radius 1 is 1.20 bits per heavy atom. The third-order valence-electron chi connectivity index (χ3n) is 5.03. The highest BCUT2D eigenvalue weighted by atomic mass is 32.2. The first-order chi connectivity index (χ1) is 12.0. The molecule has 7 heteroatoms. The molecule has 5 nitrogen and oxygen atoms in total. The van der Waals surface area contributed by atoms with Crippen LogP contribution in [0.5, 0.6) is 5.75 Å². The Hall–Kier alpha value is -1.21. The first-order valence-corrected chi connectivity index (χ1v) is 11.6. The summed E-state index contributed by atoms with van der Waals surface area (Å²) in [7, 11) is -1.38. The van der Waals surface area contributed by atoms with E-state index in [2.05, 4.69) is 0 Å². The standard InChI is InChI=1S/C18H25NO4S2/c1-23-16-8-4-5-9-17(16)24-12-18(20)19(14-6-2-3-7-14)15-10-11-25(21,22)13-15/h4-5,8-9,14-15H,2-3,6-7,10-13H2,1H3. The zero-order valence-corrected chi connectivity index (χ0v) is 16.2. The number of methoxy groups -OCH3 is 1. The van der Waals surface area contributed by atoms with Crippen molar-refractivity contribution in [2.45, 2.75) is 49.1 Å². The van der Waals surface area contributed by atoms with Crippen molar-refractivity contribution in [2.75, 3.05) is 24.4 Å². The Morgan fingerprint density at radius 2 is 1.92 bits per heavy atom. The molecule has 2 aliphatic rings. The van der Waals surface area contributed by atoms with Gasteiger partial charge in [0.1, 0.15) is 5.75 Å². The van der Waals surface area contributed by atoms with Crippen molar-refractivity contribution in [3.8, 4) is 5.75 Å². The van der Waals surface area contributed by atoms with Crippen LogP contribution in [0, 0.1) is 0 Å². The average molecular weight is 384 g/mol. The minimum Gasteiger partial charge on any atom is -0.496 e. The lowest BCUT2D eigenvalue weighted by molar-refractivity contribution is -0.132. The maximum Gasteiger partial charge on any atom is 0.233 e. The number of rotatable bonds is 6. The normalized spacial score (nSPS) is 22.8. The summed E-state index contributed by atoms with van der Waals surface area (Å²) in [6.07, 6.45) is 4.79. The van der Waals surface area contributed by atoms with Crippen LogP contribution in [0.25, 0.3) is 0 Å². The number of hydrogen-bond acceptors (Lipinski definition) is 5. The summed E-state index contributed by atoms with van der Waals surface area (Å²) in [5, 5.41) is 0. The van der Waals surface area contributed by atoms with E-state index < -0.39 is 9.84 Å². The van der Waals surface area contributed by atoms with Gasteiger partial charge in [0.2, 0.25) is 5.91 Å². The molecule has 138 valence electrons. The number of benzene rings is 1. The molecule has 2 fully saturated rings. The number of sulfone groups is 1. The molecule has 0 N–H and O–H groups in total. The molecule has 1 saturated carbocycles. The molecule has 25 heavy (non-hydrogen) atoms. The second-order valence-corrected chi connectivity index (χ2v) is 9.98. The molecule has 0 aromatic heterocycles. The van der Waals surface area contributed by atoms with Gasteiger partial charge in [-0.15, -0.1) is 11.8 Å². The van der Waals surface area contributed by atoms with Crippen molar-refractivity contribution in [2.24, 2.45) is 0 Å². The summed E-state index contributed by atoms with van der Waals surface area (Å²) < 4.78 is 29.1. The van der Waals surface area contributed by atoms with E-state index in [-0.39, 0.29) is 29.5 Å². The van der Waals surface area contributed by atoms with Crippen LogP contribution in [-0.4, -0.2) is 55.7 Å². The van der Waals surface area contributed by atoms with Gasteiger partial charge >= 0.3 is 0 Å². The van der Waals surface area contributed by atoms with Crippen LogP contribution in [0.4, 0.5) is 0 Å². The first kappa shape index (κ1) is 18.6. The zero-order chi connectivity index (χ0) is 17.9. The maximum absolute atomic E-state index is 13.0. The minimum atomic E-state index is -3.00. The van der Waals surface area contributed by atoms with Gasteiger partial charge in [0.15, 0.2) is 9.84 Å². The predicted molar refractivity (Wildman–Crippen MR) is 99.9 cm³/mol. The van der Waals surface area contributed by atoms with Crippen LogP contribution in [0.15, 0.2) is 29.2 Å². The predicted octanol–water partition coefficient (Wildman–Crippen LogP) is 2.75. The van der Waals surface area contributed by atoms with Gasteiger partial charge in [0.05, 0.1) is 24.4 Å². The minimum absolute atomic E-state index is 0.0462. The molecule has 1 aromatic rings.